The third-order valence-electron chi connectivity index (χ3n) is 3.07. The highest BCUT2D eigenvalue weighted by Gasteiger charge is 2.18. The van der Waals surface area contributed by atoms with E-state index in [-0.39, 0.29) is 16.7 Å². The predicted octanol–water partition coefficient (Wildman–Crippen LogP) is 2.88. The molecule has 1 atom stereocenters. The number of nitrogens with one attached hydrogen (secondary N) is 2. The second-order valence-electron chi connectivity index (χ2n) is 4.63. The van der Waals surface area contributed by atoms with Crippen LogP contribution in [0.3, 0.4) is 0 Å². The maximum atomic E-state index is 12.1. The Kier molecular flexibility index (Phi) is 5.14. The van der Waals surface area contributed by atoms with E-state index in [0.717, 1.165) is 19.5 Å². The van der Waals surface area contributed by atoms with Crippen LogP contribution in [0.2, 0.25) is 5.02 Å². The lowest BCUT2D eigenvalue weighted by molar-refractivity contribution is -0.117. The van der Waals surface area contributed by atoms with Gasteiger partial charge in [0.25, 0.3) is 0 Å². The first-order chi connectivity index (χ1) is 9.54. The molecule has 1 unspecified atom stereocenters. The van der Waals surface area contributed by atoms with E-state index in [1.807, 2.05) is 0 Å². The van der Waals surface area contributed by atoms with E-state index in [9.17, 15) is 13.6 Å². The van der Waals surface area contributed by atoms with E-state index in [4.69, 9.17) is 11.6 Å². The van der Waals surface area contributed by atoms with Crippen LogP contribution in [0.1, 0.15) is 12.8 Å². The Balaban J connectivity index is 1.92. The van der Waals surface area contributed by atoms with Crippen LogP contribution in [0.4, 0.5) is 14.5 Å². The number of ether oxygens (including phenoxy) is 1. The molecule has 1 heterocycles. The fraction of sp³-hybridized carbons (Fsp3) is 0.462. The van der Waals surface area contributed by atoms with Crippen molar-refractivity contribution in [1.29, 1.82) is 0 Å². The van der Waals surface area contributed by atoms with Crippen LogP contribution in [0.25, 0.3) is 0 Å². The molecule has 110 valence electrons. The Morgan fingerprint density at radius 1 is 1.55 bits per heavy atom. The maximum absolute atomic E-state index is 12.1. The van der Waals surface area contributed by atoms with Crippen LogP contribution < -0.4 is 15.4 Å². The van der Waals surface area contributed by atoms with Crippen LogP contribution in [-0.2, 0) is 4.79 Å². The highest BCUT2D eigenvalue weighted by molar-refractivity contribution is 6.32. The van der Waals surface area contributed by atoms with E-state index in [1.54, 1.807) is 0 Å². The first-order valence-electron chi connectivity index (χ1n) is 6.29. The summed E-state index contributed by atoms with van der Waals surface area (Å²) in [6.07, 6.45) is 1.41. The Morgan fingerprint density at radius 2 is 2.35 bits per heavy atom. The number of rotatable bonds is 5. The smallest absolute Gasteiger partial charge is 0.387 e. The zero-order valence-corrected chi connectivity index (χ0v) is 11.4. The summed E-state index contributed by atoms with van der Waals surface area (Å²) in [5.74, 6) is 0.115. The van der Waals surface area contributed by atoms with Gasteiger partial charge in [-0.1, -0.05) is 11.6 Å². The standard InChI is InChI=1S/C13H15ClF2N2O2/c14-10-6-9(1-2-11(10)20-13(15)16)18-12(19)5-8-3-4-17-7-8/h1-2,6,8,13,17H,3-5,7H2,(H,18,19). The van der Waals surface area contributed by atoms with Gasteiger partial charge in [0.2, 0.25) is 5.91 Å². The van der Waals surface area contributed by atoms with E-state index < -0.39 is 6.61 Å². The van der Waals surface area contributed by atoms with Crippen molar-refractivity contribution in [2.45, 2.75) is 19.5 Å². The molecule has 1 amide bonds. The van der Waals surface area contributed by atoms with E-state index >= 15 is 0 Å². The quantitative estimate of drug-likeness (QED) is 0.879. The predicted molar refractivity (Wildman–Crippen MR) is 72.3 cm³/mol. The molecule has 0 aliphatic carbocycles. The van der Waals surface area contributed by atoms with Crippen LogP contribution in [-0.4, -0.2) is 25.6 Å². The molecule has 4 nitrogen and oxygen atoms in total. The van der Waals surface area contributed by atoms with Gasteiger partial charge in [-0.3, -0.25) is 4.79 Å². The molecule has 1 saturated heterocycles. The van der Waals surface area contributed by atoms with Crippen molar-refractivity contribution >= 4 is 23.2 Å². The first kappa shape index (κ1) is 15.0. The van der Waals surface area contributed by atoms with Crippen molar-refractivity contribution in [3.63, 3.8) is 0 Å². The molecule has 0 bridgehead atoms. The second-order valence-corrected chi connectivity index (χ2v) is 5.04. The Morgan fingerprint density at radius 3 is 2.95 bits per heavy atom. The minimum atomic E-state index is -2.93. The van der Waals surface area contributed by atoms with Crippen molar-refractivity contribution < 1.29 is 18.3 Å². The largest absolute Gasteiger partial charge is 0.433 e. The molecule has 0 radical (unpaired) electrons. The number of carbonyl (C=O) groups is 1. The summed E-state index contributed by atoms with van der Waals surface area (Å²) in [6.45, 7) is -1.15. The van der Waals surface area contributed by atoms with Crippen molar-refractivity contribution in [1.82, 2.24) is 5.32 Å². The van der Waals surface area contributed by atoms with Gasteiger partial charge in [0.15, 0.2) is 0 Å². The number of halogens is 3. The lowest BCUT2D eigenvalue weighted by Crippen LogP contribution is -2.18. The Bertz CT molecular complexity index is 479. The van der Waals surface area contributed by atoms with Crippen molar-refractivity contribution in [2.24, 2.45) is 5.92 Å². The molecule has 0 spiro atoms. The summed E-state index contributed by atoms with van der Waals surface area (Å²) in [7, 11) is 0. The molecular formula is C13H15ClF2N2O2. The van der Waals surface area contributed by atoms with Crippen molar-refractivity contribution in [3.05, 3.63) is 23.2 Å². The van der Waals surface area contributed by atoms with Gasteiger partial charge in [-0.2, -0.15) is 8.78 Å². The highest BCUT2D eigenvalue weighted by Crippen LogP contribution is 2.29. The van der Waals surface area contributed by atoms with Gasteiger partial charge in [-0.15, -0.1) is 0 Å². The topological polar surface area (TPSA) is 50.4 Å². The lowest BCUT2D eigenvalue weighted by atomic mass is 10.0. The average molecular weight is 305 g/mol. The Hall–Kier alpha value is -1.40. The van der Waals surface area contributed by atoms with Gasteiger partial charge >= 0.3 is 6.61 Å². The summed E-state index contributed by atoms with van der Waals surface area (Å²) >= 11 is 5.81. The molecule has 2 rings (SSSR count). The molecule has 2 N–H and O–H groups in total. The fourth-order valence-electron chi connectivity index (χ4n) is 2.13. The number of anilines is 1. The number of alkyl halides is 2. The maximum Gasteiger partial charge on any atom is 0.387 e. The molecule has 0 saturated carbocycles. The number of amides is 1. The molecule has 20 heavy (non-hydrogen) atoms. The van der Waals surface area contributed by atoms with Crippen LogP contribution >= 0.6 is 11.6 Å². The minimum absolute atomic E-state index is 0.0330. The fourth-order valence-corrected chi connectivity index (χ4v) is 2.36. The zero-order chi connectivity index (χ0) is 14.5. The molecule has 1 fully saturated rings. The SMILES string of the molecule is O=C(CC1CCNC1)Nc1ccc(OC(F)F)c(Cl)c1. The summed E-state index contributed by atoms with van der Waals surface area (Å²) < 4.78 is 28.4. The minimum Gasteiger partial charge on any atom is -0.433 e. The number of hydrogen-bond donors (Lipinski definition) is 2. The van der Waals surface area contributed by atoms with Gasteiger partial charge in [0.05, 0.1) is 5.02 Å². The van der Waals surface area contributed by atoms with Crippen LogP contribution in [0, 0.1) is 5.92 Å². The molecule has 1 aromatic rings. The van der Waals surface area contributed by atoms with E-state index in [1.165, 1.54) is 18.2 Å². The number of hydrogen-bond acceptors (Lipinski definition) is 3. The molecule has 0 aromatic heterocycles. The molecule has 1 aromatic carbocycles. The Labute approximate surface area is 120 Å². The third kappa shape index (κ3) is 4.31. The molecular weight excluding hydrogens is 290 g/mol. The van der Waals surface area contributed by atoms with E-state index in [0.29, 0.717) is 18.0 Å². The monoisotopic (exact) mass is 304 g/mol. The van der Waals surface area contributed by atoms with Gasteiger partial charge in [0.1, 0.15) is 5.75 Å². The number of benzene rings is 1. The van der Waals surface area contributed by atoms with E-state index in [2.05, 4.69) is 15.4 Å². The summed E-state index contributed by atoms with van der Waals surface area (Å²) in [5, 5.41) is 5.92. The van der Waals surface area contributed by atoms with Crippen molar-refractivity contribution in [3.8, 4) is 5.75 Å². The molecule has 1 aliphatic rings. The number of carbonyl (C=O) groups excluding carboxylic acids is 1. The van der Waals surface area contributed by atoms with Gasteiger partial charge < -0.3 is 15.4 Å². The first-order valence-corrected chi connectivity index (χ1v) is 6.67. The summed E-state index contributed by atoms with van der Waals surface area (Å²) in [5.41, 5.74) is 0.465. The molecule has 1 aliphatic heterocycles. The zero-order valence-electron chi connectivity index (χ0n) is 10.7. The average Bonchev–Trinajstić information content (AvgIpc) is 2.85. The summed E-state index contributed by atoms with van der Waals surface area (Å²) in [4.78, 5) is 11.8. The highest BCUT2D eigenvalue weighted by atomic mass is 35.5. The lowest BCUT2D eigenvalue weighted by Gasteiger charge is -2.11. The second kappa shape index (κ2) is 6.85. The van der Waals surface area contributed by atoms with Crippen LogP contribution in [0.5, 0.6) is 5.75 Å². The van der Waals surface area contributed by atoms with Gasteiger partial charge in [0, 0.05) is 12.1 Å². The van der Waals surface area contributed by atoms with Crippen LogP contribution in [0.15, 0.2) is 18.2 Å². The molecule has 7 heteroatoms. The third-order valence-corrected chi connectivity index (χ3v) is 3.36. The normalized spacial score (nSPS) is 18.3. The summed E-state index contributed by atoms with van der Waals surface area (Å²) in [6, 6.07) is 4.18. The van der Waals surface area contributed by atoms with Crippen molar-refractivity contribution in [2.75, 3.05) is 18.4 Å². The van der Waals surface area contributed by atoms with Gasteiger partial charge in [-0.25, -0.2) is 0 Å². The van der Waals surface area contributed by atoms with Gasteiger partial charge in [-0.05, 0) is 43.6 Å².